The Morgan fingerprint density at radius 1 is 0.419 bits per heavy atom. The van der Waals surface area contributed by atoms with E-state index in [9.17, 15) is 4.79 Å². The van der Waals surface area contributed by atoms with Crippen molar-refractivity contribution in [2.24, 2.45) is 0 Å². The highest BCUT2D eigenvalue weighted by Gasteiger charge is 2.36. The Bertz CT molecular complexity index is 547. The average molecular weight is 629 g/mol. The molecule has 0 saturated heterocycles. The summed E-state index contributed by atoms with van der Waals surface area (Å²) in [7, 11) is 2.38. The fraction of sp³-hybridized carbons (Fsp3) is 0.973. The minimum atomic E-state index is -2.50. The van der Waals surface area contributed by atoms with Gasteiger partial charge in [-0.3, -0.25) is 4.79 Å². The summed E-state index contributed by atoms with van der Waals surface area (Å²) in [5, 5.41) is 0. The largest absolute Gasteiger partial charge is 0.500 e. The Morgan fingerprint density at radius 2 is 0.721 bits per heavy atom. The summed E-state index contributed by atoms with van der Waals surface area (Å²) in [5.74, 6) is -0.0617. The lowest BCUT2D eigenvalue weighted by Gasteiger charge is -2.24. The van der Waals surface area contributed by atoms with Crippen LogP contribution in [0.4, 0.5) is 0 Å². The van der Waals surface area contributed by atoms with Crippen LogP contribution in [0.25, 0.3) is 0 Å². The molecule has 0 saturated carbocycles. The van der Waals surface area contributed by atoms with Crippen LogP contribution in [0.3, 0.4) is 0 Å². The van der Waals surface area contributed by atoms with Crippen LogP contribution in [0, 0.1) is 0 Å². The zero-order valence-electron chi connectivity index (χ0n) is 29.7. The molecule has 258 valence electrons. The molecule has 0 radical (unpaired) electrons. The van der Waals surface area contributed by atoms with E-state index in [0.29, 0.717) is 13.0 Å². The first-order valence-corrected chi connectivity index (χ1v) is 20.9. The smallest absolute Gasteiger partial charge is 0.466 e. The summed E-state index contributed by atoms with van der Waals surface area (Å²) in [5.41, 5.74) is 0. The number of ether oxygens (including phenoxy) is 1. The third kappa shape index (κ3) is 30.0. The Morgan fingerprint density at radius 3 is 1.02 bits per heavy atom. The monoisotopic (exact) mass is 629 g/mol. The van der Waals surface area contributed by atoms with Crippen LogP contribution in [0.2, 0.25) is 6.04 Å². The molecular formula is C37H76O5Si. The number of hydrogen-bond acceptors (Lipinski definition) is 5. The van der Waals surface area contributed by atoms with Gasteiger partial charge in [-0.05, 0) is 19.3 Å². The van der Waals surface area contributed by atoms with Gasteiger partial charge in [-0.15, -0.1) is 0 Å². The van der Waals surface area contributed by atoms with Gasteiger partial charge < -0.3 is 18.0 Å². The van der Waals surface area contributed by atoms with Crippen molar-refractivity contribution in [1.29, 1.82) is 0 Å². The quantitative estimate of drug-likeness (QED) is 0.0392. The van der Waals surface area contributed by atoms with Gasteiger partial charge in [0.15, 0.2) is 0 Å². The molecule has 0 fully saturated rings. The molecule has 0 heterocycles. The Kier molecular flexibility index (Phi) is 34.1. The zero-order valence-corrected chi connectivity index (χ0v) is 30.7. The highest BCUT2D eigenvalue weighted by Crippen LogP contribution is 2.18. The number of esters is 1. The van der Waals surface area contributed by atoms with Crippen LogP contribution in [0.1, 0.15) is 200 Å². The second-order valence-electron chi connectivity index (χ2n) is 12.9. The van der Waals surface area contributed by atoms with Crippen molar-refractivity contribution >= 4 is 14.8 Å². The summed E-state index contributed by atoms with van der Waals surface area (Å²) < 4.78 is 21.6. The van der Waals surface area contributed by atoms with E-state index in [4.69, 9.17) is 18.0 Å². The maximum absolute atomic E-state index is 11.9. The van der Waals surface area contributed by atoms with Crippen LogP contribution in [0.5, 0.6) is 0 Å². The number of carbonyl (C=O) groups is 1. The molecule has 0 amide bonds. The molecular weight excluding hydrogens is 552 g/mol. The second-order valence-corrected chi connectivity index (χ2v) is 16.0. The first-order chi connectivity index (χ1) is 21.1. The number of hydrogen-bond donors (Lipinski definition) is 0. The lowest BCUT2D eigenvalue weighted by atomic mass is 10.0. The molecule has 0 aromatic rings. The highest BCUT2D eigenvalue weighted by atomic mass is 28.4. The fourth-order valence-corrected chi connectivity index (χ4v) is 7.82. The summed E-state index contributed by atoms with van der Waals surface area (Å²) in [6.07, 6.45) is 40.0. The zero-order chi connectivity index (χ0) is 31.5. The van der Waals surface area contributed by atoms with E-state index >= 15 is 0 Å². The Hall–Kier alpha value is -0.433. The predicted molar refractivity (Wildman–Crippen MR) is 187 cm³/mol. The normalized spacial score (nSPS) is 11.8. The van der Waals surface area contributed by atoms with E-state index in [1.54, 1.807) is 21.3 Å². The summed E-state index contributed by atoms with van der Waals surface area (Å²) in [4.78, 5) is 11.9. The van der Waals surface area contributed by atoms with Crippen LogP contribution in [-0.2, 0) is 22.8 Å². The van der Waals surface area contributed by atoms with Gasteiger partial charge in [-0.1, -0.05) is 174 Å². The van der Waals surface area contributed by atoms with Crippen LogP contribution >= 0.6 is 0 Å². The first-order valence-electron chi connectivity index (χ1n) is 18.9. The van der Waals surface area contributed by atoms with Gasteiger partial charge in [-0.25, -0.2) is 0 Å². The molecule has 0 rings (SSSR count). The van der Waals surface area contributed by atoms with Crippen molar-refractivity contribution in [3.8, 4) is 0 Å². The molecule has 0 aliphatic carbocycles. The first kappa shape index (κ1) is 42.6. The highest BCUT2D eigenvalue weighted by molar-refractivity contribution is 6.60. The fourth-order valence-electron chi connectivity index (χ4n) is 6.02. The third-order valence-electron chi connectivity index (χ3n) is 9.06. The van der Waals surface area contributed by atoms with Gasteiger partial charge in [0.1, 0.15) is 0 Å². The van der Waals surface area contributed by atoms with Crippen LogP contribution in [0.15, 0.2) is 0 Å². The molecule has 0 unspecified atom stereocenters. The van der Waals surface area contributed by atoms with E-state index < -0.39 is 8.80 Å². The number of rotatable bonds is 36. The molecule has 5 nitrogen and oxygen atoms in total. The van der Waals surface area contributed by atoms with Crippen molar-refractivity contribution in [3.05, 3.63) is 0 Å². The summed E-state index contributed by atoms with van der Waals surface area (Å²) in [6.45, 7) is 2.77. The standard InChI is InChI=1S/C37H76O5Si/c1-5-6-7-8-9-10-11-12-13-14-15-16-17-18-19-20-21-22-23-24-25-26-27-28-29-30-31-34-37(38)42-35-32-33-36-43(39-2,40-3)41-4/h5-36H2,1-4H3. The molecule has 0 atom stereocenters. The van der Waals surface area contributed by atoms with E-state index in [-0.39, 0.29) is 5.97 Å². The molecule has 0 bridgehead atoms. The average Bonchev–Trinajstić information content (AvgIpc) is 3.02. The van der Waals surface area contributed by atoms with Crippen molar-refractivity contribution in [1.82, 2.24) is 0 Å². The SMILES string of the molecule is CCCCCCCCCCCCCCCCCCCCCCCCCCCCCC(=O)OCCCC[Si](OC)(OC)OC. The molecule has 0 aromatic carbocycles. The van der Waals surface area contributed by atoms with Crippen molar-refractivity contribution in [3.63, 3.8) is 0 Å². The molecule has 0 aliphatic rings. The topological polar surface area (TPSA) is 54.0 Å². The van der Waals surface area contributed by atoms with Crippen molar-refractivity contribution in [2.45, 2.75) is 206 Å². The van der Waals surface area contributed by atoms with Crippen molar-refractivity contribution in [2.75, 3.05) is 27.9 Å². The molecule has 0 aromatic heterocycles. The minimum absolute atomic E-state index is 0.0617. The molecule has 0 aliphatic heterocycles. The Labute approximate surface area is 270 Å². The van der Waals surface area contributed by atoms with Gasteiger partial charge in [0, 0.05) is 33.8 Å². The van der Waals surface area contributed by atoms with Gasteiger partial charge in [0.2, 0.25) is 0 Å². The number of carbonyl (C=O) groups excluding carboxylic acids is 1. The lowest BCUT2D eigenvalue weighted by Crippen LogP contribution is -2.42. The maximum Gasteiger partial charge on any atom is 0.500 e. The number of unbranched alkanes of at least 4 members (excludes halogenated alkanes) is 27. The molecule has 0 spiro atoms. The van der Waals surface area contributed by atoms with E-state index in [2.05, 4.69) is 6.92 Å². The van der Waals surface area contributed by atoms with Crippen molar-refractivity contribution < 1.29 is 22.8 Å². The second kappa shape index (κ2) is 34.4. The molecule has 6 heteroatoms. The van der Waals surface area contributed by atoms with E-state index in [1.807, 2.05) is 0 Å². The summed E-state index contributed by atoms with van der Waals surface area (Å²) in [6, 6.07) is 0.744. The van der Waals surface area contributed by atoms with E-state index in [0.717, 1.165) is 31.7 Å². The predicted octanol–water partition coefficient (Wildman–Crippen LogP) is 12.1. The maximum atomic E-state index is 11.9. The summed E-state index contributed by atoms with van der Waals surface area (Å²) >= 11 is 0. The van der Waals surface area contributed by atoms with Crippen LogP contribution < -0.4 is 0 Å². The third-order valence-corrected chi connectivity index (χ3v) is 11.9. The Balaban J connectivity index is 3.21. The van der Waals surface area contributed by atoms with Gasteiger partial charge in [0.05, 0.1) is 6.61 Å². The lowest BCUT2D eigenvalue weighted by molar-refractivity contribution is -0.143. The van der Waals surface area contributed by atoms with Gasteiger partial charge in [-0.2, -0.15) is 0 Å². The molecule has 0 N–H and O–H groups in total. The van der Waals surface area contributed by atoms with Crippen LogP contribution in [-0.4, -0.2) is 42.7 Å². The minimum Gasteiger partial charge on any atom is -0.466 e. The molecule has 43 heavy (non-hydrogen) atoms. The van der Waals surface area contributed by atoms with E-state index in [1.165, 1.54) is 161 Å². The van der Waals surface area contributed by atoms with Gasteiger partial charge in [0.25, 0.3) is 0 Å². The van der Waals surface area contributed by atoms with Gasteiger partial charge >= 0.3 is 14.8 Å².